The van der Waals surface area contributed by atoms with Gasteiger partial charge in [0.15, 0.2) is 6.61 Å². The van der Waals surface area contributed by atoms with Gasteiger partial charge in [-0.25, -0.2) is 9.78 Å². The summed E-state index contributed by atoms with van der Waals surface area (Å²) in [6.45, 7) is 4.32. The first-order valence-corrected chi connectivity index (χ1v) is 9.99. The number of hydrogen-bond acceptors (Lipinski definition) is 5. The van der Waals surface area contributed by atoms with Crippen molar-refractivity contribution in [1.29, 1.82) is 0 Å². The maximum atomic E-state index is 12.7. The number of fused-ring (bicyclic) bond motifs is 2. The molecule has 0 saturated carbocycles. The van der Waals surface area contributed by atoms with Gasteiger partial charge in [0.1, 0.15) is 5.82 Å². The summed E-state index contributed by atoms with van der Waals surface area (Å²) in [5.74, 6) is -0.154. The van der Waals surface area contributed by atoms with Crippen molar-refractivity contribution >= 4 is 22.8 Å². The molecule has 1 N–H and O–H groups in total. The first-order valence-electron chi connectivity index (χ1n) is 9.99. The van der Waals surface area contributed by atoms with Crippen LogP contribution in [0.4, 0.5) is 0 Å². The van der Waals surface area contributed by atoms with Crippen LogP contribution in [0.5, 0.6) is 0 Å². The molecule has 0 bridgehead atoms. The Kier molecular flexibility index (Phi) is 6.44. The summed E-state index contributed by atoms with van der Waals surface area (Å²) in [6.07, 6.45) is 5.66. The Morgan fingerprint density at radius 1 is 1.29 bits per heavy atom. The molecule has 0 unspecified atom stereocenters. The highest BCUT2D eigenvalue weighted by Crippen LogP contribution is 2.16. The molecule has 150 valence electrons. The van der Waals surface area contributed by atoms with Crippen molar-refractivity contribution in [2.75, 3.05) is 6.61 Å². The van der Waals surface area contributed by atoms with E-state index in [4.69, 9.17) is 4.74 Å². The molecule has 0 fully saturated rings. The highest BCUT2D eigenvalue weighted by Gasteiger charge is 2.16. The second-order valence-corrected chi connectivity index (χ2v) is 7.36. The maximum Gasteiger partial charge on any atom is 0.338 e. The summed E-state index contributed by atoms with van der Waals surface area (Å²) < 4.78 is 6.86. The lowest BCUT2D eigenvalue weighted by Crippen LogP contribution is -2.35. The topological polar surface area (TPSA) is 90.3 Å². The van der Waals surface area contributed by atoms with E-state index in [0.717, 1.165) is 44.3 Å². The zero-order valence-corrected chi connectivity index (χ0v) is 16.5. The second-order valence-electron chi connectivity index (χ2n) is 7.36. The van der Waals surface area contributed by atoms with E-state index in [0.29, 0.717) is 17.4 Å². The van der Waals surface area contributed by atoms with Crippen LogP contribution in [-0.4, -0.2) is 34.1 Å². The minimum absolute atomic E-state index is 0.0457. The van der Waals surface area contributed by atoms with E-state index in [1.165, 1.54) is 0 Å². The molecule has 2 heterocycles. The molecule has 1 amide bonds. The molecule has 1 aromatic carbocycles. The van der Waals surface area contributed by atoms with E-state index in [1.54, 1.807) is 22.8 Å². The number of ether oxygens (including phenoxy) is 1. The molecule has 0 radical (unpaired) electrons. The fraction of sp³-hybridized carbons (Fsp3) is 0.524. The fourth-order valence-corrected chi connectivity index (χ4v) is 3.58. The first-order chi connectivity index (χ1) is 13.5. The van der Waals surface area contributed by atoms with Gasteiger partial charge in [0.25, 0.3) is 11.5 Å². The van der Waals surface area contributed by atoms with Gasteiger partial charge in [-0.05, 0) is 44.4 Å². The summed E-state index contributed by atoms with van der Waals surface area (Å²) in [5, 5.41) is 3.29. The lowest BCUT2D eigenvalue weighted by molar-refractivity contribution is -0.124. The molecule has 7 nitrogen and oxygen atoms in total. The number of benzene rings is 1. The number of esters is 1. The van der Waals surface area contributed by atoms with Crippen molar-refractivity contribution in [3.8, 4) is 0 Å². The van der Waals surface area contributed by atoms with Crippen molar-refractivity contribution < 1.29 is 14.3 Å². The zero-order valence-electron chi connectivity index (χ0n) is 16.5. The van der Waals surface area contributed by atoms with Crippen molar-refractivity contribution in [2.45, 2.75) is 65.0 Å². The van der Waals surface area contributed by atoms with Crippen LogP contribution in [0.3, 0.4) is 0 Å². The fourth-order valence-electron chi connectivity index (χ4n) is 3.58. The summed E-state index contributed by atoms with van der Waals surface area (Å²) in [4.78, 5) is 41.5. The summed E-state index contributed by atoms with van der Waals surface area (Å²) >= 11 is 0. The van der Waals surface area contributed by atoms with E-state index in [-0.39, 0.29) is 29.7 Å². The van der Waals surface area contributed by atoms with Crippen LogP contribution >= 0.6 is 0 Å². The molecule has 1 aliphatic heterocycles. The Morgan fingerprint density at radius 3 is 2.89 bits per heavy atom. The molecule has 1 aliphatic rings. The highest BCUT2D eigenvalue weighted by atomic mass is 16.5. The first kappa shape index (κ1) is 20.0. The Hall–Kier alpha value is -2.70. The standard InChI is InChI=1S/C21H27N3O4/c1-3-7-14(2)22-19(25)13-28-21(27)15-9-10-16-17(12-15)23-18-8-5-4-6-11-24(18)20(16)26/h9-10,12,14H,3-8,11,13H2,1-2H3,(H,22,25)/t14-/m1/s1. The Balaban J connectivity index is 1.74. The average molecular weight is 385 g/mol. The van der Waals surface area contributed by atoms with Crippen LogP contribution in [-0.2, 0) is 22.5 Å². The van der Waals surface area contributed by atoms with Crippen molar-refractivity contribution in [3.63, 3.8) is 0 Å². The van der Waals surface area contributed by atoms with E-state index < -0.39 is 5.97 Å². The van der Waals surface area contributed by atoms with Crippen LogP contribution in [0, 0.1) is 0 Å². The molecular formula is C21H27N3O4. The number of aryl methyl sites for hydroxylation is 1. The monoisotopic (exact) mass is 385 g/mol. The van der Waals surface area contributed by atoms with E-state index >= 15 is 0 Å². The maximum absolute atomic E-state index is 12.7. The molecular weight excluding hydrogens is 358 g/mol. The number of nitrogens with zero attached hydrogens (tertiary/aromatic N) is 2. The van der Waals surface area contributed by atoms with Crippen LogP contribution in [0.25, 0.3) is 10.9 Å². The van der Waals surface area contributed by atoms with Gasteiger partial charge in [-0.3, -0.25) is 14.2 Å². The minimum atomic E-state index is -0.600. The summed E-state index contributed by atoms with van der Waals surface area (Å²) in [6, 6.07) is 4.78. The number of hydrogen-bond donors (Lipinski definition) is 1. The Labute approximate surface area is 164 Å². The largest absolute Gasteiger partial charge is 0.452 e. The number of rotatable bonds is 6. The molecule has 1 aromatic heterocycles. The van der Waals surface area contributed by atoms with Crippen LogP contribution in [0.15, 0.2) is 23.0 Å². The summed E-state index contributed by atoms with van der Waals surface area (Å²) in [5.41, 5.74) is 0.715. The average Bonchev–Trinajstić information content (AvgIpc) is 2.91. The predicted octanol–water partition coefficient (Wildman–Crippen LogP) is 2.58. The Morgan fingerprint density at radius 2 is 2.11 bits per heavy atom. The molecule has 0 spiro atoms. The number of carbonyl (C=O) groups is 2. The number of aromatic nitrogens is 2. The van der Waals surface area contributed by atoms with Gasteiger partial charge >= 0.3 is 5.97 Å². The molecule has 3 rings (SSSR count). The normalized spacial score (nSPS) is 14.8. The van der Waals surface area contributed by atoms with Crippen molar-refractivity contribution in [3.05, 3.63) is 39.9 Å². The van der Waals surface area contributed by atoms with Crippen LogP contribution < -0.4 is 10.9 Å². The van der Waals surface area contributed by atoms with Gasteiger partial charge in [0.05, 0.1) is 16.5 Å². The third kappa shape index (κ3) is 4.58. The smallest absolute Gasteiger partial charge is 0.338 e. The molecule has 2 aromatic rings. The van der Waals surface area contributed by atoms with E-state index in [1.807, 2.05) is 13.8 Å². The lowest BCUT2D eigenvalue weighted by atomic mass is 10.1. The van der Waals surface area contributed by atoms with Gasteiger partial charge in [-0.2, -0.15) is 0 Å². The molecule has 28 heavy (non-hydrogen) atoms. The third-order valence-electron chi connectivity index (χ3n) is 5.02. The Bertz CT molecular complexity index is 935. The highest BCUT2D eigenvalue weighted by molar-refractivity contribution is 5.95. The van der Waals surface area contributed by atoms with Crippen molar-refractivity contribution in [2.24, 2.45) is 0 Å². The summed E-state index contributed by atoms with van der Waals surface area (Å²) in [7, 11) is 0. The van der Waals surface area contributed by atoms with Crippen molar-refractivity contribution in [1.82, 2.24) is 14.9 Å². The van der Waals surface area contributed by atoms with Gasteiger partial charge in [0, 0.05) is 19.0 Å². The minimum Gasteiger partial charge on any atom is -0.452 e. The van der Waals surface area contributed by atoms with Crippen LogP contribution in [0.1, 0.15) is 62.1 Å². The number of amides is 1. The third-order valence-corrected chi connectivity index (χ3v) is 5.02. The SMILES string of the molecule is CCC[C@@H](C)NC(=O)COC(=O)c1ccc2c(=O)n3c(nc2c1)CCCCC3. The quantitative estimate of drug-likeness (QED) is 0.772. The van der Waals surface area contributed by atoms with Gasteiger partial charge in [0.2, 0.25) is 0 Å². The van der Waals surface area contributed by atoms with Crippen LogP contribution in [0.2, 0.25) is 0 Å². The number of carbonyl (C=O) groups excluding carboxylic acids is 2. The predicted molar refractivity (Wildman–Crippen MR) is 106 cm³/mol. The van der Waals surface area contributed by atoms with E-state index in [9.17, 15) is 14.4 Å². The van der Waals surface area contributed by atoms with Gasteiger partial charge in [-0.1, -0.05) is 19.8 Å². The zero-order chi connectivity index (χ0) is 20.1. The molecule has 0 saturated heterocycles. The van der Waals surface area contributed by atoms with E-state index in [2.05, 4.69) is 10.3 Å². The van der Waals surface area contributed by atoms with Gasteiger partial charge in [-0.15, -0.1) is 0 Å². The number of nitrogens with one attached hydrogen (secondary N) is 1. The molecule has 7 heteroatoms. The second kappa shape index (κ2) is 8.99. The van der Waals surface area contributed by atoms with Gasteiger partial charge < -0.3 is 10.1 Å². The molecule has 0 aliphatic carbocycles. The molecule has 1 atom stereocenters. The lowest BCUT2D eigenvalue weighted by Gasteiger charge is -2.13.